The smallest absolute Gasteiger partial charge is 0.228 e. The van der Waals surface area contributed by atoms with Gasteiger partial charge in [-0.25, -0.2) is 4.98 Å². The monoisotopic (exact) mass is 360 g/mol. The number of benzene rings is 1. The Morgan fingerprint density at radius 2 is 1.89 bits per heavy atom. The van der Waals surface area contributed by atoms with Gasteiger partial charge in [0.15, 0.2) is 0 Å². The summed E-state index contributed by atoms with van der Waals surface area (Å²) >= 11 is 0. The van der Waals surface area contributed by atoms with Gasteiger partial charge < -0.3 is 10.2 Å². The summed E-state index contributed by atoms with van der Waals surface area (Å²) in [6, 6.07) is 11.8. The van der Waals surface area contributed by atoms with Crippen molar-refractivity contribution in [1.82, 2.24) is 4.98 Å². The number of hydrogen-bond acceptors (Lipinski definition) is 4. The van der Waals surface area contributed by atoms with E-state index in [1.54, 1.807) is 6.08 Å². The predicted molar refractivity (Wildman–Crippen MR) is 112 cm³/mol. The highest BCUT2D eigenvalue weighted by Gasteiger charge is 2.45. The number of aliphatic imine (C=N–C) groups is 1. The lowest BCUT2D eigenvalue weighted by atomic mass is 10.1. The number of hydrogen-bond donors (Lipinski definition) is 1. The van der Waals surface area contributed by atoms with Gasteiger partial charge in [-0.3, -0.25) is 9.79 Å². The number of pyridine rings is 1. The van der Waals surface area contributed by atoms with Crippen LogP contribution in [-0.2, 0) is 4.79 Å². The quantitative estimate of drug-likeness (QED) is 0.596. The minimum Gasteiger partial charge on any atom is -0.363 e. The van der Waals surface area contributed by atoms with Crippen LogP contribution < -0.4 is 10.2 Å². The van der Waals surface area contributed by atoms with E-state index in [9.17, 15) is 4.79 Å². The molecule has 2 unspecified atom stereocenters. The Hall–Kier alpha value is -3.21. The van der Waals surface area contributed by atoms with Gasteiger partial charge in [-0.1, -0.05) is 24.8 Å². The lowest BCUT2D eigenvalue weighted by molar-refractivity contribution is -0.117. The van der Waals surface area contributed by atoms with E-state index in [4.69, 9.17) is 0 Å². The number of aromatic nitrogens is 1. The van der Waals surface area contributed by atoms with Crippen LogP contribution in [0.5, 0.6) is 0 Å². The molecule has 0 aliphatic heterocycles. The second-order valence-corrected chi connectivity index (χ2v) is 6.80. The third-order valence-corrected chi connectivity index (χ3v) is 4.67. The fraction of sp³-hybridized carbons (Fsp3) is 0.227. The van der Waals surface area contributed by atoms with Gasteiger partial charge >= 0.3 is 0 Å². The highest BCUT2D eigenvalue weighted by Crippen LogP contribution is 2.45. The number of anilines is 2. The first-order valence-corrected chi connectivity index (χ1v) is 8.87. The second-order valence-electron chi connectivity index (χ2n) is 6.80. The summed E-state index contributed by atoms with van der Waals surface area (Å²) in [6.45, 7) is 7.24. The molecule has 1 saturated carbocycles. The van der Waals surface area contributed by atoms with Gasteiger partial charge in [-0.2, -0.15) is 0 Å². The van der Waals surface area contributed by atoms with Gasteiger partial charge in [0.1, 0.15) is 5.82 Å². The topological polar surface area (TPSA) is 57.6 Å². The molecule has 0 saturated heterocycles. The normalized spacial score (nSPS) is 18.5. The third kappa shape index (κ3) is 4.31. The van der Waals surface area contributed by atoms with E-state index in [1.807, 2.05) is 67.7 Å². The van der Waals surface area contributed by atoms with Crippen molar-refractivity contribution in [3.63, 3.8) is 0 Å². The van der Waals surface area contributed by atoms with Crippen molar-refractivity contribution < 1.29 is 4.79 Å². The molecule has 1 heterocycles. The van der Waals surface area contributed by atoms with Crippen molar-refractivity contribution in [2.75, 3.05) is 24.3 Å². The molecule has 1 fully saturated rings. The summed E-state index contributed by atoms with van der Waals surface area (Å²) in [5.41, 5.74) is 3.71. The Bertz CT molecular complexity index is 866. The van der Waals surface area contributed by atoms with E-state index in [-0.39, 0.29) is 17.7 Å². The summed E-state index contributed by atoms with van der Waals surface area (Å²) in [5.74, 6) is 1.02. The van der Waals surface area contributed by atoms with Gasteiger partial charge in [0.05, 0.1) is 0 Å². The molecule has 2 atom stereocenters. The molecule has 27 heavy (non-hydrogen) atoms. The van der Waals surface area contributed by atoms with Crippen LogP contribution in [0, 0.1) is 11.8 Å². The zero-order chi connectivity index (χ0) is 19.4. The summed E-state index contributed by atoms with van der Waals surface area (Å²) < 4.78 is 0. The molecular weight excluding hydrogens is 336 g/mol. The summed E-state index contributed by atoms with van der Waals surface area (Å²) in [6.07, 6.45) is 6.14. The maximum absolute atomic E-state index is 12.4. The lowest BCUT2D eigenvalue weighted by Crippen LogP contribution is -2.15. The van der Waals surface area contributed by atoms with Crippen LogP contribution in [0.25, 0.3) is 11.1 Å². The predicted octanol–water partition coefficient (Wildman–Crippen LogP) is 4.16. The van der Waals surface area contributed by atoms with Crippen molar-refractivity contribution in [2.24, 2.45) is 16.8 Å². The van der Waals surface area contributed by atoms with E-state index in [1.165, 1.54) is 0 Å². The van der Waals surface area contributed by atoms with Gasteiger partial charge in [-0.15, -0.1) is 0 Å². The van der Waals surface area contributed by atoms with Crippen molar-refractivity contribution in [3.05, 3.63) is 67.0 Å². The van der Waals surface area contributed by atoms with E-state index < -0.39 is 0 Å². The molecule has 0 radical (unpaired) electrons. The average Bonchev–Trinajstić information content (AvgIpc) is 3.47. The molecule has 2 aromatic rings. The van der Waals surface area contributed by atoms with Crippen molar-refractivity contribution in [1.29, 1.82) is 0 Å². The number of allylic oxidation sites excluding steroid dienone is 3. The SMILES string of the molecule is C=C/C=C(\N=C)C1CC1C(=O)Nc1ccc(-c2ccc(N(C)C)nc2)cc1. The Kier molecular flexibility index (Phi) is 5.50. The molecule has 5 nitrogen and oxygen atoms in total. The van der Waals surface area contributed by atoms with E-state index in [2.05, 4.69) is 28.6 Å². The van der Waals surface area contributed by atoms with Crippen LogP contribution in [-0.4, -0.2) is 31.7 Å². The first-order chi connectivity index (χ1) is 13.0. The maximum Gasteiger partial charge on any atom is 0.228 e. The minimum absolute atomic E-state index is 0.0170. The second kappa shape index (κ2) is 7.99. The number of rotatable bonds is 7. The van der Waals surface area contributed by atoms with Gasteiger partial charge in [0.2, 0.25) is 5.91 Å². The van der Waals surface area contributed by atoms with E-state index >= 15 is 0 Å². The zero-order valence-electron chi connectivity index (χ0n) is 15.7. The van der Waals surface area contributed by atoms with Crippen molar-refractivity contribution in [2.45, 2.75) is 6.42 Å². The molecule has 1 N–H and O–H groups in total. The largest absolute Gasteiger partial charge is 0.363 e. The first-order valence-electron chi connectivity index (χ1n) is 8.87. The number of nitrogens with one attached hydrogen (secondary N) is 1. The summed E-state index contributed by atoms with van der Waals surface area (Å²) in [7, 11) is 3.93. The van der Waals surface area contributed by atoms with Gasteiger partial charge in [0.25, 0.3) is 0 Å². The van der Waals surface area contributed by atoms with Crippen LogP contribution >= 0.6 is 0 Å². The zero-order valence-corrected chi connectivity index (χ0v) is 15.7. The van der Waals surface area contributed by atoms with Crippen molar-refractivity contribution in [3.8, 4) is 11.1 Å². The standard InChI is InChI=1S/C22H24N4O/c1-5-6-20(23-2)18-13-19(18)22(27)25-17-10-7-15(8-11-17)16-9-12-21(24-14-16)26(3)4/h5-12,14,18-19H,1-2,13H2,3-4H3,(H,25,27)/b20-6-. The van der Waals surface area contributed by atoms with Crippen LogP contribution in [0.1, 0.15) is 6.42 Å². The van der Waals surface area contributed by atoms with Crippen molar-refractivity contribution >= 4 is 24.1 Å². The average molecular weight is 360 g/mol. The molecule has 0 spiro atoms. The highest BCUT2D eigenvalue weighted by molar-refractivity contribution is 5.95. The van der Waals surface area contributed by atoms with Crippen LogP contribution in [0.4, 0.5) is 11.5 Å². The van der Waals surface area contributed by atoms with E-state index in [0.29, 0.717) is 0 Å². The molecule has 1 aromatic heterocycles. The molecule has 1 aliphatic rings. The number of amides is 1. The number of nitrogens with zero attached hydrogens (tertiary/aromatic N) is 3. The number of carbonyl (C=O) groups is 1. The Morgan fingerprint density at radius 1 is 1.19 bits per heavy atom. The molecule has 5 heteroatoms. The molecule has 1 aromatic carbocycles. The van der Waals surface area contributed by atoms with Gasteiger partial charge in [0, 0.05) is 49.1 Å². The first kappa shape index (κ1) is 18.6. The lowest BCUT2D eigenvalue weighted by Gasteiger charge is -2.11. The molecule has 1 aliphatic carbocycles. The molecule has 0 bridgehead atoms. The molecule has 1 amide bonds. The van der Waals surface area contributed by atoms with Gasteiger partial charge in [-0.05, 0) is 49.0 Å². The third-order valence-electron chi connectivity index (χ3n) is 4.67. The Labute approximate surface area is 160 Å². The molecule has 138 valence electrons. The fourth-order valence-corrected chi connectivity index (χ4v) is 3.03. The summed E-state index contributed by atoms with van der Waals surface area (Å²) in [4.78, 5) is 22.8. The Morgan fingerprint density at radius 3 is 2.44 bits per heavy atom. The minimum atomic E-state index is -0.0517. The summed E-state index contributed by atoms with van der Waals surface area (Å²) in [5, 5.41) is 2.98. The van der Waals surface area contributed by atoms with Crippen LogP contribution in [0.2, 0.25) is 0 Å². The van der Waals surface area contributed by atoms with Crippen LogP contribution in [0.3, 0.4) is 0 Å². The number of carbonyl (C=O) groups excluding carboxylic acids is 1. The molecule has 3 rings (SSSR count). The Balaban J connectivity index is 1.63. The van der Waals surface area contributed by atoms with Crippen LogP contribution in [0.15, 0.2) is 72.0 Å². The molecular formula is C22H24N4O. The fourth-order valence-electron chi connectivity index (χ4n) is 3.03. The van der Waals surface area contributed by atoms with E-state index in [0.717, 1.165) is 34.8 Å². The maximum atomic E-state index is 12.4. The highest BCUT2D eigenvalue weighted by atomic mass is 16.2.